The Balaban J connectivity index is 1.93. The molecule has 0 aromatic carbocycles. The highest BCUT2D eigenvalue weighted by atomic mass is 32.1. The molecular formula is C18H21N3O5S. The van der Waals surface area contributed by atoms with Gasteiger partial charge in [0.05, 0.1) is 12.2 Å². The highest BCUT2D eigenvalue weighted by molar-refractivity contribution is 7.17. The van der Waals surface area contributed by atoms with Crippen LogP contribution in [0.15, 0.2) is 12.3 Å². The molecule has 0 bridgehead atoms. The minimum Gasteiger partial charge on any atom is -0.480 e. The van der Waals surface area contributed by atoms with Crippen LogP contribution in [-0.2, 0) is 22.4 Å². The molecule has 8 nitrogen and oxygen atoms in total. The topological polar surface area (TPSA) is 111 Å². The summed E-state index contributed by atoms with van der Waals surface area (Å²) in [5.41, 5.74) is 1.49. The molecule has 144 valence electrons. The number of aliphatic carboxylic acids is 1. The van der Waals surface area contributed by atoms with Gasteiger partial charge in [-0.1, -0.05) is 0 Å². The lowest BCUT2D eigenvalue weighted by Crippen LogP contribution is -2.24. The van der Waals surface area contributed by atoms with Gasteiger partial charge in [-0.05, 0) is 51.2 Å². The first kappa shape index (κ1) is 19.1. The Hall–Kier alpha value is -2.68. The first-order chi connectivity index (χ1) is 12.9. The van der Waals surface area contributed by atoms with Gasteiger partial charge in [-0.15, -0.1) is 11.3 Å². The van der Waals surface area contributed by atoms with E-state index < -0.39 is 23.9 Å². The molecule has 2 aromatic rings. The van der Waals surface area contributed by atoms with Crippen LogP contribution < -0.4 is 5.32 Å². The average molecular weight is 391 g/mol. The monoisotopic (exact) mass is 391 g/mol. The van der Waals surface area contributed by atoms with Crippen molar-refractivity contribution in [3.8, 4) is 0 Å². The van der Waals surface area contributed by atoms with E-state index in [-0.39, 0.29) is 12.3 Å². The summed E-state index contributed by atoms with van der Waals surface area (Å²) in [5.74, 6) is -2.05. The van der Waals surface area contributed by atoms with Crippen LogP contribution in [0.5, 0.6) is 0 Å². The van der Waals surface area contributed by atoms with Crippen LogP contribution in [0.4, 0.5) is 5.00 Å². The van der Waals surface area contributed by atoms with Gasteiger partial charge >= 0.3 is 11.9 Å². The van der Waals surface area contributed by atoms with E-state index in [9.17, 15) is 19.5 Å². The predicted molar refractivity (Wildman–Crippen MR) is 99.4 cm³/mol. The Morgan fingerprint density at radius 1 is 1.37 bits per heavy atom. The lowest BCUT2D eigenvalue weighted by atomic mass is 9.95. The molecule has 27 heavy (non-hydrogen) atoms. The molecule has 0 aliphatic heterocycles. The van der Waals surface area contributed by atoms with E-state index in [0.717, 1.165) is 40.8 Å². The number of carboxylic acids is 1. The molecule has 0 saturated carbocycles. The number of rotatable bonds is 6. The maximum atomic E-state index is 12.8. The van der Waals surface area contributed by atoms with Gasteiger partial charge in [0.1, 0.15) is 16.7 Å². The number of aromatic nitrogens is 2. The number of carbonyl (C=O) groups excluding carboxylic acids is 2. The fourth-order valence-electron chi connectivity index (χ4n) is 3.15. The molecule has 9 heteroatoms. The Morgan fingerprint density at radius 3 is 2.81 bits per heavy atom. The van der Waals surface area contributed by atoms with Gasteiger partial charge in [-0.3, -0.25) is 4.79 Å². The minimum absolute atomic E-state index is 0.117. The maximum absolute atomic E-state index is 12.8. The van der Waals surface area contributed by atoms with E-state index in [2.05, 4.69) is 10.4 Å². The van der Waals surface area contributed by atoms with Gasteiger partial charge in [0.25, 0.3) is 5.91 Å². The number of hydrogen-bond acceptors (Lipinski definition) is 6. The smallest absolute Gasteiger partial charge is 0.341 e. The molecule has 3 rings (SSSR count). The van der Waals surface area contributed by atoms with E-state index in [1.807, 2.05) is 0 Å². The normalized spacial score (nSPS) is 14.3. The van der Waals surface area contributed by atoms with Crippen molar-refractivity contribution >= 4 is 34.2 Å². The number of aryl methyl sites for hydroxylation is 1. The SMILES string of the molecule is CCOC(=O)c1c(NC(=O)c2ccnn2C(C)C(=O)O)sc2c1CCCC2. The molecule has 1 aliphatic rings. The van der Waals surface area contributed by atoms with Crippen molar-refractivity contribution in [2.75, 3.05) is 11.9 Å². The second kappa shape index (κ2) is 7.91. The van der Waals surface area contributed by atoms with Crippen LogP contribution in [0.2, 0.25) is 0 Å². The molecule has 1 atom stereocenters. The summed E-state index contributed by atoms with van der Waals surface area (Å²) < 4.78 is 6.33. The second-order valence-corrected chi connectivity index (χ2v) is 7.37. The molecule has 0 spiro atoms. The van der Waals surface area contributed by atoms with Crippen molar-refractivity contribution in [3.63, 3.8) is 0 Å². The van der Waals surface area contributed by atoms with Crippen LogP contribution in [0, 0.1) is 0 Å². The number of esters is 1. The molecule has 0 saturated heterocycles. The number of anilines is 1. The number of nitrogens with zero attached hydrogens (tertiary/aromatic N) is 2. The zero-order valence-corrected chi connectivity index (χ0v) is 16.0. The number of carbonyl (C=O) groups is 3. The summed E-state index contributed by atoms with van der Waals surface area (Å²) in [4.78, 5) is 37.5. The minimum atomic E-state index is -1.09. The Morgan fingerprint density at radius 2 is 2.11 bits per heavy atom. The molecule has 2 aromatic heterocycles. The number of fused-ring (bicyclic) bond motifs is 1. The van der Waals surface area contributed by atoms with Crippen LogP contribution >= 0.6 is 11.3 Å². The van der Waals surface area contributed by atoms with Crippen molar-refractivity contribution in [2.24, 2.45) is 0 Å². The predicted octanol–water partition coefficient (Wildman–Crippen LogP) is 2.90. The van der Waals surface area contributed by atoms with Gasteiger partial charge < -0.3 is 15.2 Å². The van der Waals surface area contributed by atoms with Crippen molar-refractivity contribution in [1.29, 1.82) is 0 Å². The van der Waals surface area contributed by atoms with E-state index in [1.54, 1.807) is 6.92 Å². The Labute approximate surface area is 160 Å². The van der Waals surface area contributed by atoms with E-state index >= 15 is 0 Å². The number of amides is 1. The summed E-state index contributed by atoms with van der Waals surface area (Å²) in [5, 5.41) is 16.3. The van der Waals surface area contributed by atoms with Crippen molar-refractivity contribution < 1.29 is 24.2 Å². The number of carboxylic acid groups (broad SMARTS) is 1. The van der Waals surface area contributed by atoms with Gasteiger partial charge in [0.15, 0.2) is 0 Å². The zero-order valence-electron chi connectivity index (χ0n) is 15.2. The second-order valence-electron chi connectivity index (χ2n) is 6.26. The van der Waals surface area contributed by atoms with Crippen LogP contribution in [0.3, 0.4) is 0 Å². The Kier molecular flexibility index (Phi) is 5.59. The molecule has 1 unspecified atom stereocenters. The van der Waals surface area contributed by atoms with Gasteiger partial charge in [0, 0.05) is 11.1 Å². The number of ether oxygens (including phenoxy) is 1. The van der Waals surface area contributed by atoms with Crippen LogP contribution in [-0.4, -0.2) is 39.3 Å². The third-order valence-corrected chi connectivity index (χ3v) is 5.71. The molecule has 2 N–H and O–H groups in total. The summed E-state index contributed by atoms with van der Waals surface area (Å²) in [6.45, 7) is 3.43. The van der Waals surface area contributed by atoms with E-state index in [0.29, 0.717) is 10.6 Å². The number of hydrogen-bond donors (Lipinski definition) is 2. The zero-order chi connectivity index (χ0) is 19.6. The van der Waals surface area contributed by atoms with Gasteiger partial charge in [0.2, 0.25) is 0 Å². The van der Waals surface area contributed by atoms with Crippen molar-refractivity contribution in [3.05, 3.63) is 34.0 Å². The standard InChI is InChI=1S/C18H21N3O5S/c1-3-26-18(25)14-11-6-4-5-7-13(11)27-16(14)20-15(22)12-8-9-19-21(12)10(2)17(23)24/h8-10H,3-7H2,1-2H3,(H,20,22)(H,23,24). The third-order valence-electron chi connectivity index (χ3n) is 4.51. The average Bonchev–Trinajstić information content (AvgIpc) is 3.25. The lowest BCUT2D eigenvalue weighted by Gasteiger charge is -2.13. The molecule has 0 radical (unpaired) electrons. The van der Waals surface area contributed by atoms with Crippen LogP contribution in [0.1, 0.15) is 64.0 Å². The van der Waals surface area contributed by atoms with Crippen molar-refractivity contribution in [2.45, 2.75) is 45.6 Å². The largest absolute Gasteiger partial charge is 0.480 e. The Bertz CT molecular complexity index is 886. The fourth-order valence-corrected chi connectivity index (χ4v) is 4.42. The van der Waals surface area contributed by atoms with Gasteiger partial charge in [-0.2, -0.15) is 5.10 Å². The van der Waals surface area contributed by atoms with Gasteiger partial charge in [-0.25, -0.2) is 14.3 Å². The maximum Gasteiger partial charge on any atom is 0.341 e. The molecular weight excluding hydrogens is 370 g/mol. The number of thiophene rings is 1. The lowest BCUT2D eigenvalue weighted by molar-refractivity contribution is -0.140. The summed E-state index contributed by atoms with van der Waals surface area (Å²) >= 11 is 1.38. The van der Waals surface area contributed by atoms with Crippen LogP contribution in [0.25, 0.3) is 0 Å². The first-order valence-electron chi connectivity index (χ1n) is 8.83. The fraction of sp³-hybridized carbons (Fsp3) is 0.444. The summed E-state index contributed by atoms with van der Waals surface area (Å²) in [6, 6.07) is 0.466. The number of nitrogens with one attached hydrogen (secondary N) is 1. The molecule has 1 amide bonds. The summed E-state index contributed by atoms with van der Waals surface area (Å²) in [7, 11) is 0. The first-order valence-corrected chi connectivity index (χ1v) is 9.65. The quantitative estimate of drug-likeness (QED) is 0.733. The molecule has 2 heterocycles. The van der Waals surface area contributed by atoms with E-state index in [4.69, 9.17) is 4.74 Å². The third kappa shape index (κ3) is 3.73. The van der Waals surface area contributed by atoms with E-state index in [1.165, 1.54) is 30.5 Å². The molecule has 1 aliphatic carbocycles. The summed E-state index contributed by atoms with van der Waals surface area (Å²) in [6.07, 6.45) is 5.07. The highest BCUT2D eigenvalue weighted by Crippen LogP contribution is 2.38. The molecule has 0 fully saturated rings. The van der Waals surface area contributed by atoms with Crippen molar-refractivity contribution in [1.82, 2.24) is 9.78 Å². The highest BCUT2D eigenvalue weighted by Gasteiger charge is 2.28.